The Hall–Kier alpha value is -2.14. The van der Waals surface area contributed by atoms with Crippen LogP contribution in [0.5, 0.6) is 0 Å². The Morgan fingerprint density at radius 3 is 2.45 bits per heavy atom. The third-order valence-electron chi connectivity index (χ3n) is 2.88. The van der Waals surface area contributed by atoms with E-state index >= 15 is 0 Å². The largest absolute Gasteiger partial charge is 0.466 e. The number of anilines is 1. The summed E-state index contributed by atoms with van der Waals surface area (Å²) in [5.74, 6) is 1.16. The molecule has 5 heteroatoms. The summed E-state index contributed by atoms with van der Waals surface area (Å²) in [6.45, 7) is 3.58. The molecule has 1 aromatic carbocycles. The van der Waals surface area contributed by atoms with Gasteiger partial charge in [-0.3, -0.25) is 4.79 Å². The average Bonchev–Trinajstić information content (AvgIpc) is 2.70. The van der Waals surface area contributed by atoms with Gasteiger partial charge in [0, 0.05) is 12.1 Å². The van der Waals surface area contributed by atoms with Crippen LogP contribution in [0.4, 0.5) is 5.69 Å². The number of furan rings is 1. The molecule has 0 unspecified atom stereocenters. The number of rotatable bonds is 4. The highest BCUT2D eigenvalue weighted by atomic mass is 32.1. The maximum Gasteiger partial charge on any atom is 0.259 e. The van der Waals surface area contributed by atoms with Gasteiger partial charge in [-0.05, 0) is 37.6 Å². The molecule has 2 rings (SSSR count). The molecule has 1 amide bonds. The molecule has 0 radical (unpaired) electrons. The van der Waals surface area contributed by atoms with E-state index in [9.17, 15) is 4.79 Å². The van der Waals surface area contributed by atoms with Crippen LogP contribution in [0, 0.1) is 13.8 Å². The van der Waals surface area contributed by atoms with Crippen LogP contribution in [0.2, 0.25) is 0 Å². The predicted octanol–water partition coefficient (Wildman–Crippen LogP) is 2.98. The average molecular weight is 288 g/mol. The lowest BCUT2D eigenvalue weighted by Gasteiger charge is -2.05. The van der Waals surface area contributed by atoms with Crippen molar-refractivity contribution in [3.8, 4) is 0 Å². The molecule has 0 saturated carbocycles. The van der Waals surface area contributed by atoms with Crippen molar-refractivity contribution >= 4 is 28.8 Å². The maximum absolute atomic E-state index is 12.1. The van der Waals surface area contributed by atoms with Crippen LogP contribution in [0.1, 0.15) is 27.4 Å². The fourth-order valence-corrected chi connectivity index (χ4v) is 2.13. The van der Waals surface area contributed by atoms with Gasteiger partial charge >= 0.3 is 0 Å². The second kappa shape index (κ2) is 5.88. The molecule has 20 heavy (non-hydrogen) atoms. The lowest BCUT2D eigenvalue weighted by molar-refractivity contribution is 0.102. The molecule has 1 aromatic heterocycles. The molecule has 0 aliphatic rings. The van der Waals surface area contributed by atoms with E-state index in [1.165, 1.54) is 0 Å². The van der Waals surface area contributed by atoms with Gasteiger partial charge in [0.1, 0.15) is 11.5 Å². The van der Waals surface area contributed by atoms with Gasteiger partial charge < -0.3 is 15.5 Å². The lowest BCUT2D eigenvalue weighted by atomic mass is 10.1. The summed E-state index contributed by atoms with van der Waals surface area (Å²) in [6.07, 6.45) is 0.559. The van der Waals surface area contributed by atoms with Crippen LogP contribution >= 0.6 is 12.2 Å². The van der Waals surface area contributed by atoms with Crippen LogP contribution < -0.4 is 11.1 Å². The van der Waals surface area contributed by atoms with Gasteiger partial charge in [0.2, 0.25) is 0 Å². The second-order valence-corrected chi connectivity index (χ2v) is 5.15. The zero-order chi connectivity index (χ0) is 14.7. The summed E-state index contributed by atoms with van der Waals surface area (Å²) in [5.41, 5.74) is 7.78. The molecule has 0 saturated heterocycles. The van der Waals surface area contributed by atoms with Gasteiger partial charge in [-0.15, -0.1) is 0 Å². The van der Waals surface area contributed by atoms with Gasteiger partial charge in [-0.2, -0.15) is 0 Å². The molecule has 0 fully saturated rings. The number of benzene rings is 1. The van der Waals surface area contributed by atoms with Gasteiger partial charge in [-0.1, -0.05) is 24.4 Å². The molecule has 0 atom stereocenters. The Labute approximate surface area is 123 Å². The fraction of sp³-hybridized carbons (Fsp3) is 0.200. The van der Waals surface area contributed by atoms with Gasteiger partial charge in [0.05, 0.1) is 10.6 Å². The molecular formula is C15H16N2O2S. The first-order valence-electron chi connectivity index (χ1n) is 6.21. The first-order chi connectivity index (χ1) is 9.45. The number of amides is 1. The van der Waals surface area contributed by atoms with Gasteiger partial charge in [-0.25, -0.2) is 0 Å². The SMILES string of the molecule is Cc1cc(C(=O)Nc2ccc(CC(N)=S)cc2)c(C)o1. The molecule has 3 N–H and O–H groups in total. The zero-order valence-electron chi connectivity index (χ0n) is 11.4. The molecule has 0 aliphatic heterocycles. The third-order valence-corrected chi connectivity index (χ3v) is 3.02. The van der Waals surface area contributed by atoms with Gasteiger partial charge in [0.15, 0.2) is 0 Å². The number of carbonyl (C=O) groups excluding carboxylic acids is 1. The Balaban J connectivity index is 2.08. The van der Waals surface area contributed by atoms with Crippen molar-refractivity contribution in [1.82, 2.24) is 0 Å². The van der Waals surface area contributed by atoms with Crippen LogP contribution in [0.25, 0.3) is 0 Å². The van der Waals surface area contributed by atoms with E-state index in [0.717, 1.165) is 17.0 Å². The molecule has 0 spiro atoms. The van der Waals surface area contributed by atoms with Gasteiger partial charge in [0.25, 0.3) is 5.91 Å². The topological polar surface area (TPSA) is 68.3 Å². The first kappa shape index (κ1) is 14.3. The van der Waals surface area contributed by atoms with E-state index in [-0.39, 0.29) is 5.91 Å². The highest BCUT2D eigenvalue weighted by molar-refractivity contribution is 7.80. The Kier molecular flexibility index (Phi) is 4.20. The van der Waals surface area contributed by atoms with E-state index in [4.69, 9.17) is 22.4 Å². The van der Waals surface area contributed by atoms with Crippen molar-refractivity contribution in [3.63, 3.8) is 0 Å². The van der Waals surface area contributed by atoms with Crippen LogP contribution in [0.3, 0.4) is 0 Å². The quantitative estimate of drug-likeness (QED) is 0.849. The van der Waals surface area contributed by atoms with E-state index in [1.54, 1.807) is 13.0 Å². The minimum absolute atomic E-state index is 0.179. The summed E-state index contributed by atoms with van der Waals surface area (Å²) < 4.78 is 5.35. The number of hydrogen-bond acceptors (Lipinski definition) is 3. The highest BCUT2D eigenvalue weighted by Gasteiger charge is 2.13. The summed E-state index contributed by atoms with van der Waals surface area (Å²) in [4.78, 5) is 12.5. The normalized spacial score (nSPS) is 10.3. The Bertz CT molecular complexity index is 644. The highest BCUT2D eigenvalue weighted by Crippen LogP contribution is 2.17. The molecule has 4 nitrogen and oxygen atoms in total. The molecular weight excluding hydrogens is 272 g/mol. The van der Waals surface area contributed by atoms with Crippen molar-refractivity contribution in [3.05, 3.63) is 53.0 Å². The number of hydrogen-bond donors (Lipinski definition) is 2. The monoisotopic (exact) mass is 288 g/mol. The van der Waals surface area contributed by atoms with Crippen LogP contribution in [0.15, 0.2) is 34.7 Å². The van der Waals surface area contributed by atoms with Crippen molar-refractivity contribution < 1.29 is 9.21 Å². The van der Waals surface area contributed by atoms with Crippen molar-refractivity contribution in [1.29, 1.82) is 0 Å². The van der Waals surface area contributed by atoms with E-state index in [2.05, 4.69) is 5.32 Å². The summed E-state index contributed by atoms with van der Waals surface area (Å²) in [5, 5.41) is 2.83. The first-order valence-corrected chi connectivity index (χ1v) is 6.62. The minimum atomic E-state index is -0.179. The number of thiocarbonyl (C=S) groups is 1. The van der Waals surface area contributed by atoms with Crippen LogP contribution in [-0.2, 0) is 6.42 Å². The lowest BCUT2D eigenvalue weighted by Crippen LogP contribution is -2.13. The Morgan fingerprint density at radius 1 is 1.30 bits per heavy atom. The zero-order valence-corrected chi connectivity index (χ0v) is 12.2. The molecule has 2 aromatic rings. The minimum Gasteiger partial charge on any atom is -0.466 e. The van der Waals surface area contributed by atoms with E-state index in [0.29, 0.717) is 22.7 Å². The fourth-order valence-electron chi connectivity index (χ4n) is 1.96. The van der Waals surface area contributed by atoms with Crippen molar-refractivity contribution in [2.75, 3.05) is 5.32 Å². The van der Waals surface area contributed by atoms with Crippen molar-refractivity contribution in [2.24, 2.45) is 5.73 Å². The van der Waals surface area contributed by atoms with Crippen molar-refractivity contribution in [2.45, 2.75) is 20.3 Å². The predicted molar refractivity (Wildman–Crippen MR) is 83.1 cm³/mol. The molecule has 1 heterocycles. The maximum atomic E-state index is 12.1. The van der Waals surface area contributed by atoms with Crippen LogP contribution in [-0.4, -0.2) is 10.9 Å². The molecule has 0 bridgehead atoms. The standard InChI is InChI=1S/C15H16N2O2S/c1-9-7-13(10(2)19-9)15(18)17-12-5-3-11(4-6-12)8-14(16)20/h3-7H,8H2,1-2H3,(H2,16,20)(H,17,18). The number of aryl methyl sites for hydroxylation is 2. The summed E-state index contributed by atoms with van der Waals surface area (Å²) in [6, 6.07) is 9.16. The molecule has 104 valence electrons. The second-order valence-electron chi connectivity index (χ2n) is 4.62. The number of nitrogens with two attached hydrogens (primary N) is 1. The number of nitrogens with one attached hydrogen (secondary N) is 1. The number of carbonyl (C=O) groups is 1. The Morgan fingerprint density at radius 2 is 1.95 bits per heavy atom. The summed E-state index contributed by atoms with van der Waals surface area (Å²) >= 11 is 4.86. The molecule has 0 aliphatic carbocycles. The smallest absolute Gasteiger partial charge is 0.259 e. The van der Waals surface area contributed by atoms with E-state index < -0.39 is 0 Å². The summed E-state index contributed by atoms with van der Waals surface area (Å²) in [7, 11) is 0. The third kappa shape index (κ3) is 3.45. The van der Waals surface area contributed by atoms with E-state index in [1.807, 2.05) is 31.2 Å².